The molecule has 0 saturated heterocycles. The Morgan fingerprint density at radius 1 is 1.07 bits per heavy atom. The summed E-state index contributed by atoms with van der Waals surface area (Å²) >= 11 is 0. The highest BCUT2D eigenvalue weighted by Crippen LogP contribution is 2.23. The van der Waals surface area contributed by atoms with Crippen molar-refractivity contribution in [3.8, 4) is 5.75 Å². The van der Waals surface area contributed by atoms with Crippen LogP contribution >= 0.6 is 0 Å². The van der Waals surface area contributed by atoms with E-state index in [0.29, 0.717) is 24.4 Å². The summed E-state index contributed by atoms with van der Waals surface area (Å²) in [4.78, 5) is 24.5. The molecule has 2 aromatic carbocycles. The maximum Gasteiger partial charge on any atom is 0.333 e. The molecule has 5 heteroatoms. The SMILES string of the molecule is CCOC(=O)/C(=C/c1ccc(OC)c(CC(=O)Nc2ccc(C)cc2)c1)CC. The summed E-state index contributed by atoms with van der Waals surface area (Å²) in [5.41, 5.74) is 4.04. The standard InChI is InChI=1S/C23H27NO4/c1-5-18(23(26)28-6-2)13-17-9-12-21(27-4)19(14-17)15-22(25)24-20-10-7-16(3)8-11-20/h7-14H,5-6,15H2,1-4H3,(H,24,25)/b18-13+. The molecular formula is C23H27NO4. The molecule has 2 aromatic rings. The van der Waals surface area contributed by atoms with Gasteiger partial charge in [0.1, 0.15) is 5.75 Å². The van der Waals surface area contributed by atoms with Crippen molar-refractivity contribution in [1.29, 1.82) is 0 Å². The lowest BCUT2D eigenvalue weighted by atomic mass is 10.0. The van der Waals surface area contributed by atoms with E-state index >= 15 is 0 Å². The van der Waals surface area contributed by atoms with E-state index in [1.54, 1.807) is 26.2 Å². The number of benzene rings is 2. The quantitative estimate of drug-likeness (QED) is 0.538. The summed E-state index contributed by atoms with van der Waals surface area (Å²) in [6, 6.07) is 13.2. The monoisotopic (exact) mass is 381 g/mol. The summed E-state index contributed by atoms with van der Waals surface area (Å²) in [6.45, 7) is 6.02. The first-order valence-corrected chi connectivity index (χ1v) is 9.38. The van der Waals surface area contributed by atoms with Crippen molar-refractivity contribution in [3.63, 3.8) is 0 Å². The van der Waals surface area contributed by atoms with E-state index < -0.39 is 0 Å². The predicted octanol–water partition coefficient (Wildman–Crippen LogP) is 4.54. The number of carbonyl (C=O) groups is 2. The molecule has 0 heterocycles. The van der Waals surface area contributed by atoms with Gasteiger partial charge < -0.3 is 14.8 Å². The van der Waals surface area contributed by atoms with Gasteiger partial charge >= 0.3 is 5.97 Å². The number of ether oxygens (including phenoxy) is 2. The Labute approximate surface area is 166 Å². The fourth-order valence-electron chi connectivity index (χ4n) is 2.77. The fourth-order valence-corrected chi connectivity index (χ4v) is 2.77. The normalized spacial score (nSPS) is 11.1. The van der Waals surface area contributed by atoms with Crippen LogP contribution in [0.1, 0.15) is 37.0 Å². The van der Waals surface area contributed by atoms with Crippen LogP contribution in [0, 0.1) is 6.92 Å². The highest BCUT2D eigenvalue weighted by molar-refractivity contribution is 5.94. The Balaban J connectivity index is 2.20. The van der Waals surface area contributed by atoms with Crippen LogP contribution in [0.25, 0.3) is 6.08 Å². The highest BCUT2D eigenvalue weighted by Gasteiger charge is 2.12. The molecule has 1 amide bonds. The first kappa shape index (κ1) is 21.2. The second kappa shape index (κ2) is 10.3. The molecule has 1 N–H and O–H groups in total. The lowest BCUT2D eigenvalue weighted by Crippen LogP contribution is -2.15. The lowest BCUT2D eigenvalue weighted by Gasteiger charge is -2.11. The van der Waals surface area contributed by atoms with Crippen molar-refractivity contribution < 1.29 is 19.1 Å². The largest absolute Gasteiger partial charge is 0.496 e. The number of rotatable bonds is 8. The number of hydrogen-bond acceptors (Lipinski definition) is 4. The third-order valence-electron chi connectivity index (χ3n) is 4.25. The van der Waals surface area contributed by atoms with Crippen molar-refractivity contribution in [2.24, 2.45) is 0 Å². The Bertz CT molecular complexity index is 853. The first-order valence-electron chi connectivity index (χ1n) is 9.38. The van der Waals surface area contributed by atoms with Crippen LogP contribution in [-0.2, 0) is 20.7 Å². The second-order valence-electron chi connectivity index (χ2n) is 6.41. The molecule has 0 atom stereocenters. The minimum atomic E-state index is -0.320. The van der Waals surface area contributed by atoms with E-state index in [4.69, 9.17) is 9.47 Å². The predicted molar refractivity (Wildman–Crippen MR) is 111 cm³/mol. The zero-order valence-electron chi connectivity index (χ0n) is 16.9. The zero-order valence-corrected chi connectivity index (χ0v) is 16.9. The van der Waals surface area contributed by atoms with E-state index in [1.165, 1.54) is 0 Å². The van der Waals surface area contributed by atoms with E-state index in [2.05, 4.69) is 5.32 Å². The third-order valence-corrected chi connectivity index (χ3v) is 4.25. The summed E-state index contributed by atoms with van der Waals surface area (Å²) in [6.07, 6.45) is 2.52. The van der Waals surface area contributed by atoms with Gasteiger partial charge in [-0.25, -0.2) is 4.79 Å². The molecule has 0 aliphatic rings. The fraction of sp³-hybridized carbons (Fsp3) is 0.304. The molecule has 0 aliphatic heterocycles. The average Bonchev–Trinajstić information content (AvgIpc) is 2.68. The Hall–Kier alpha value is -3.08. The molecule has 0 spiro atoms. The number of hydrogen-bond donors (Lipinski definition) is 1. The number of aryl methyl sites for hydroxylation is 1. The number of esters is 1. The van der Waals surface area contributed by atoms with Gasteiger partial charge in [0.05, 0.1) is 20.1 Å². The summed E-state index contributed by atoms with van der Waals surface area (Å²) < 4.78 is 10.5. The van der Waals surface area contributed by atoms with Crippen molar-refractivity contribution in [1.82, 2.24) is 0 Å². The summed E-state index contributed by atoms with van der Waals surface area (Å²) in [7, 11) is 1.57. The van der Waals surface area contributed by atoms with Gasteiger partial charge in [-0.2, -0.15) is 0 Å². The number of carbonyl (C=O) groups excluding carboxylic acids is 2. The van der Waals surface area contributed by atoms with Crippen LogP contribution in [0.2, 0.25) is 0 Å². The van der Waals surface area contributed by atoms with Crippen molar-refractivity contribution >= 4 is 23.6 Å². The number of amides is 1. The van der Waals surface area contributed by atoms with Crippen molar-refractivity contribution in [2.45, 2.75) is 33.6 Å². The highest BCUT2D eigenvalue weighted by atomic mass is 16.5. The minimum Gasteiger partial charge on any atom is -0.496 e. The topological polar surface area (TPSA) is 64.6 Å². The van der Waals surface area contributed by atoms with Gasteiger partial charge in [-0.1, -0.05) is 30.7 Å². The first-order chi connectivity index (χ1) is 13.5. The Morgan fingerprint density at radius 3 is 2.39 bits per heavy atom. The van der Waals surface area contributed by atoms with Gasteiger partial charge in [-0.15, -0.1) is 0 Å². The zero-order chi connectivity index (χ0) is 20.5. The molecule has 0 bridgehead atoms. The maximum atomic E-state index is 12.5. The molecule has 0 unspecified atom stereocenters. The van der Waals surface area contributed by atoms with Gasteiger partial charge in [0.15, 0.2) is 0 Å². The van der Waals surface area contributed by atoms with E-state index in [1.807, 2.05) is 50.2 Å². The van der Waals surface area contributed by atoms with Crippen LogP contribution in [0.4, 0.5) is 5.69 Å². The molecule has 28 heavy (non-hydrogen) atoms. The van der Waals surface area contributed by atoms with E-state index in [9.17, 15) is 9.59 Å². The minimum absolute atomic E-state index is 0.135. The van der Waals surface area contributed by atoms with Crippen molar-refractivity contribution in [3.05, 3.63) is 64.7 Å². The summed E-state index contributed by atoms with van der Waals surface area (Å²) in [5.74, 6) is 0.175. The molecular weight excluding hydrogens is 354 g/mol. The molecule has 0 radical (unpaired) electrons. The molecule has 0 fully saturated rings. The molecule has 0 saturated carbocycles. The second-order valence-corrected chi connectivity index (χ2v) is 6.41. The van der Waals surface area contributed by atoms with Crippen LogP contribution in [-0.4, -0.2) is 25.6 Å². The summed E-state index contributed by atoms with van der Waals surface area (Å²) in [5, 5.41) is 2.89. The van der Waals surface area contributed by atoms with E-state index in [0.717, 1.165) is 22.4 Å². The number of methoxy groups -OCH3 is 1. The molecule has 0 aliphatic carbocycles. The van der Waals surface area contributed by atoms with Crippen LogP contribution in [0.3, 0.4) is 0 Å². The van der Waals surface area contributed by atoms with Crippen LogP contribution < -0.4 is 10.1 Å². The van der Waals surface area contributed by atoms with Crippen LogP contribution in [0.5, 0.6) is 5.75 Å². The smallest absolute Gasteiger partial charge is 0.333 e. The molecule has 2 rings (SSSR count). The average molecular weight is 381 g/mol. The molecule has 148 valence electrons. The van der Waals surface area contributed by atoms with E-state index in [-0.39, 0.29) is 18.3 Å². The van der Waals surface area contributed by atoms with Gasteiger partial charge in [0.2, 0.25) is 5.91 Å². The van der Waals surface area contributed by atoms with Gasteiger partial charge in [-0.3, -0.25) is 4.79 Å². The van der Waals surface area contributed by atoms with Crippen LogP contribution in [0.15, 0.2) is 48.0 Å². The third kappa shape index (κ3) is 5.98. The van der Waals surface area contributed by atoms with Crippen molar-refractivity contribution in [2.75, 3.05) is 19.0 Å². The molecule has 0 aromatic heterocycles. The molecule has 5 nitrogen and oxygen atoms in total. The number of nitrogens with one attached hydrogen (secondary N) is 1. The van der Waals surface area contributed by atoms with Gasteiger partial charge in [0, 0.05) is 16.8 Å². The lowest BCUT2D eigenvalue weighted by molar-refractivity contribution is -0.138. The Morgan fingerprint density at radius 2 is 1.79 bits per heavy atom. The number of anilines is 1. The Kier molecular flexibility index (Phi) is 7.81. The van der Waals surface area contributed by atoms with Gasteiger partial charge in [-0.05, 0) is 56.2 Å². The maximum absolute atomic E-state index is 12.5. The van der Waals surface area contributed by atoms with Gasteiger partial charge in [0.25, 0.3) is 0 Å².